The van der Waals surface area contributed by atoms with E-state index in [0.29, 0.717) is 17.3 Å². The Labute approximate surface area is 89.5 Å². The summed E-state index contributed by atoms with van der Waals surface area (Å²) < 4.78 is 0. The minimum atomic E-state index is 0.265. The quantitative estimate of drug-likeness (QED) is 0.623. The van der Waals surface area contributed by atoms with Gasteiger partial charge in [-0.15, -0.1) is 0 Å². The maximum absolute atomic E-state index is 9.06. The number of nitrogen functional groups attached to an aromatic ring is 2. The standard InChI is InChI=1S/C11H17N3O/c12-10-2-1-9(5-11(10)13)14-4-3-8(6-14)7-15/h1-2,5,8,15H,3-4,6-7,12-13H2. The highest BCUT2D eigenvalue weighted by atomic mass is 16.3. The van der Waals surface area contributed by atoms with E-state index in [1.807, 2.05) is 18.2 Å². The van der Waals surface area contributed by atoms with Gasteiger partial charge in [0.1, 0.15) is 0 Å². The van der Waals surface area contributed by atoms with Crippen LogP contribution < -0.4 is 16.4 Å². The number of hydrogen-bond donors (Lipinski definition) is 3. The molecular weight excluding hydrogens is 190 g/mol. The lowest BCUT2D eigenvalue weighted by atomic mass is 10.1. The molecule has 1 unspecified atom stereocenters. The SMILES string of the molecule is Nc1ccc(N2CCC(CO)C2)cc1N. The van der Waals surface area contributed by atoms with Gasteiger partial charge in [-0.3, -0.25) is 0 Å². The predicted molar refractivity (Wildman–Crippen MR) is 62.7 cm³/mol. The Balaban J connectivity index is 2.13. The highest BCUT2D eigenvalue weighted by Gasteiger charge is 2.21. The maximum atomic E-state index is 9.06. The molecule has 1 saturated heterocycles. The molecule has 1 aromatic carbocycles. The molecule has 0 amide bonds. The maximum Gasteiger partial charge on any atom is 0.0568 e. The van der Waals surface area contributed by atoms with Gasteiger partial charge in [0, 0.05) is 31.3 Å². The van der Waals surface area contributed by atoms with Crippen LogP contribution in [-0.2, 0) is 0 Å². The summed E-state index contributed by atoms with van der Waals surface area (Å²) in [6, 6.07) is 5.71. The molecule has 5 N–H and O–H groups in total. The van der Waals surface area contributed by atoms with Crippen molar-refractivity contribution in [1.82, 2.24) is 0 Å². The lowest BCUT2D eigenvalue weighted by Crippen LogP contribution is -2.20. The first-order chi connectivity index (χ1) is 7.20. The number of aliphatic hydroxyl groups is 1. The second kappa shape index (κ2) is 3.98. The molecule has 1 aliphatic heterocycles. The van der Waals surface area contributed by atoms with E-state index < -0.39 is 0 Å². The van der Waals surface area contributed by atoms with E-state index in [9.17, 15) is 0 Å². The van der Waals surface area contributed by atoms with Crippen molar-refractivity contribution in [1.29, 1.82) is 0 Å². The summed E-state index contributed by atoms with van der Waals surface area (Å²) in [4.78, 5) is 2.23. The number of rotatable bonds is 2. The third kappa shape index (κ3) is 1.99. The molecule has 0 aromatic heterocycles. The Bertz CT molecular complexity index is 354. The van der Waals surface area contributed by atoms with Crippen molar-refractivity contribution in [2.24, 2.45) is 5.92 Å². The van der Waals surface area contributed by atoms with Crippen molar-refractivity contribution in [2.45, 2.75) is 6.42 Å². The van der Waals surface area contributed by atoms with Gasteiger partial charge in [0.05, 0.1) is 11.4 Å². The first-order valence-corrected chi connectivity index (χ1v) is 5.21. The van der Waals surface area contributed by atoms with Crippen LogP contribution in [0.5, 0.6) is 0 Å². The van der Waals surface area contributed by atoms with Crippen molar-refractivity contribution < 1.29 is 5.11 Å². The fourth-order valence-electron chi connectivity index (χ4n) is 1.98. The Kier molecular flexibility index (Phi) is 2.68. The summed E-state index contributed by atoms with van der Waals surface area (Å²) in [5, 5.41) is 9.06. The molecule has 2 rings (SSSR count). The fraction of sp³-hybridized carbons (Fsp3) is 0.455. The Morgan fingerprint density at radius 1 is 1.33 bits per heavy atom. The van der Waals surface area contributed by atoms with Gasteiger partial charge in [-0.25, -0.2) is 0 Å². The first kappa shape index (κ1) is 10.1. The molecule has 1 aromatic rings. The van der Waals surface area contributed by atoms with Crippen LogP contribution in [0.4, 0.5) is 17.1 Å². The molecule has 0 spiro atoms. The van der Waals surface area contributed by atoms with E-state index in [1.165, 1.54) is 0 Å². The summed E-state index contributed by atoms with van der Waals surface area (Å²) in [5.74, 6) is 0.392. The Morgan fingerprint density at radius 3 is 2.73 bits per heavy atom. The molecule has 0 aliphatic carbocycles. The highest BCUT2D eigenvalue weighted by molar-refractivity contribution is 5.70. The third-order valence-electron chi connectivity index (χ3n) is 2.98. The van der Waals surface area contributed by atoms with Gasteiger partial charge in [0.2, 0.25) is 0 Å². The van der Waals surface area contributed by atoms with Crippen LogP contribution in [0.3, 0.4) is 0 Å². The molecule has 15 heavy (non-hydrogen) atoms. The monoisotopic (exact) mass is 207 g/mol. The lowest BCUT2D eigenvalue weighted by molar-refractivity contribution is 0.238. The van der Waals surface area contributed by atoms with Crippen molar-refractivity contribution in [2.75, 3.05) is 36.1 Å². The topological polar surface area (TPSA) is 75.5 Å². The fourth-order valence-corrected chi connectivity index (χ4v) is 1.98. The second-order valence-electron chi connectivity index (χ2n) is 4.10. The van der Waals surface area contributed by atoms with Crippen LogP contribution in [-0.4, -0.2) is 24.8 Å². The zero-order chi connectivity index (χ0) is 10.8. The van der Waals surface area contributed by atoms with Gasteiger partial charge in [-0.05, 0) is 24.6 Å². The van der Waals surface area contributed by atoms with Gasteiger partial charge in [0.15, 0.2) is 0 Å². The summed E-state index contributed by atoms with van der Waals surface area (Å²) in [6.07, 6.45) is 1.04. The number of nitrogens with zero attached hydrogens (tertiary/aromatic N) is 1. The van der Waals surface area contributed by atoms with Crippen molar-refractivity contribution >= 4 is 17.1 Å². The van der Waals surface area contributed by atoms with Crippen molar-refractivity contribution in [3.8, 4) is 0 Å². The molecule has 0 bridgehead atoms. The predicted octanol–water partition coefficient (Wildman–Crippen LogP) is 0.670. The minimum Gasteiger partial charge on any atom is -0.397 e. The minimum absolute atomic E-state index is 0.265. The summed E-state index contributed by atoms with van der Waals surface area (Å²) in [6.45, 7) is 2.15. The van der Waals surface area contributed by atoms with Crippen LogP contribution in [0.15, 0.2) is 18.2 Å². The molecule has 1 atom stereocenters. The first-order valence-electron chi connectivity index (χ1n) is 5.21. The number of hydrogen-bond acceptors (Lipinski definition) is 4. The van der Waals surface area contributed by atoms with Crippen LogP contribution in [0, 0.1) is 5.92 Å². The molecule has 0 radical (unpaired) electrons. The van der Waals surface area contributed by atoms with Crippen LogP contribution in [0.1, 0.15) is 6.42 Å². The van der Waals surface area contributed by atoms with E-state index in [-0.39, 0.29) is 6.61 Å². The van der Waals surface area contributed by atoms with E-state index in [1.54, 1.807) is 0 Å². The molecule has 0 saturated carbocycles. The number of nitrogens with two attached hydrogens (primary N) is 2. The average Bonchev–Trinajstić information content (AvgIpc) is 2.70. The van der Waals surface area contributed by atoms with Gasteiger partial charge in [-0.2, -0.15) is 0 Å². The molecule has 82 valence electrons. The zero-order valence-corrected chi connectivity index (χ0v) is 8.69. The largest absolute Gasteiger partial charge is 0.397 e. The van der Waals surface area contributed by atoms with E-state index in [4.69, 9.17) is 16.6 Å². The molecule has 1 fully saturated rings. The molecular formula is C11H17N3O. The van der Waals surface area contributed by atoms with Gasteiger partial charge >= 0.3 is 0 Å². The molecule has 4 nitrogen and oxygen atoms in total. The van der Waals surface area contributed by atoms with Crippen LogP contribution in [0.2, 0.25) is 0 Å². The molecule has 4 heteroatoms. The third-order valence-corrected chi connectivity index (χ3v) is 2.98. The van der Waals surface area contributed by atoms with Gasteiger partial charge < -0.3 is 21.5 Å². The van der Waals surface area contributed by atoms with Crippen LogP contribution in [0.25, 0.3) is 0 Å². The Morgan fingerprint density at radius 2 is 2.13 bits per heavy atom. The van der Waals surface area contributed by atoms with Crippen LogP contribution >= 0.6 is 0 Å². The lowest BCUT2D eigenvalue weighted by Gasteiger charge is -2.19. The summed E-state index contributed by atoms with van der Waals surface area (Å²) in [7, 11) is 0. The average molecular weight is 207 g/mol. The smallest absolute Gasteiger partial charge is 0.0568 e. The summed E-state index contributed by atoms with van der Waals surface area (Å²) in [5.41, 5.74) is 13.8. The Hall–Kier alpha value is -1.42. The van der Waals surface area contributed by atoms with Gasteiger partial charge in [-0.1, -0.05) is 0 Å². The van der Waals surface area contributed by atoms with E-state index in [0.717, 1.165) is 25.2 Å². The van der Waals surface area contributed by atoms with Gasteiger partial charge in [0.25, 0.3) is 0 Å². The normalized spacial score (nSPS) is 20.9. The number of benzene rings is 1. The number of anilines is 3. The van der Waals surface area contributed by atoms with Crippen molar-refractivity contribution in [3.63, 3.8) is 0 Å². The second-order valence-corrected chi connectivity index (χ2v) is 4.10. The van der Waals surface area contributed by atoms with E-state index >= 15 is 0 Å². The molecule has 1 heterocycles. The molecule has 1 aliphatic rings. The van der Waals surface area contributed by atoms with Crippen molar-refractivity contribution in [3.05, 3.63) is 18.2 Å². The highest BCUT2D eigenvalue weighted by Crippen LogP contribution is 2.27. The number of aliphatic hydroxyl groups excluding tert-OH is 1. The van der Waals surface area contributed by atoms with E-state index in [2.05, 4.69) is 4.90 Å². The zero-order valence-electron chi connectivity index (χ0n) is 8.69. The summed E-state index contributed by atoms with van der Waals surface area (Å²) >= 11 is 0.